The Balaban J connectivity index is 1.81. The Kier molecular flexibility index (Phi) is 6.11. The van der Waals surface area contributed by atoms with Crippen molar-refractivity contribution in [2.45, 2.75) is 76.9 Å². The van der Waals surface area contributed by atoms with Gasteiger partial charge in [0.25, 0.3) is 0 Å². The maximum absolute atomic E-state index is 9.51. The minimum Gasteiger partial charge on any atom is -0.396 e. The molecule has 3 nitrogen and oxygen atoms in total. The van der Waals surface area contributed by atoms with E-state index in [-0.39, 0.29) is 0 Å². The summed E-state index contributed by atoms with van der Waals surface area (Å²) in [6.07, 6.45) is 8.99. The van der Waals surface area contributed by atoms with E-state index < -0.39 is 0 Å². The molecule has 2 rings (SSSR count). The third-order valence-corrected chi connectivity index (χ3v) is 5.09. The molecule has 3 unspecified atom stereocenters. The third-order valence-electron chi connectivity index (χ3n) is 5.09. The summed E-state index contributed by atoms with van der Waals surface area (Å²) in [5.41, 5.74) is 0. The molecule has 0 aromatic carbocycles. The van der Waals surface area contributed by atoms with E-state index in [0.717, 1.165) is 0 Å². The fraction of sp³-hybridized carbons (Fsp3) is 1.00. The van der Waals surface area contributed by atoms with Gasteiger partial charge in [-0.05, 0) is 65.0 Å². The van der Waals surface area contributed by atoms with Crippen LogP contribution in [-0.2, 0) is 0 Å². The lowest BCUT2D eigenvalue weighted by molar-refractivity contribution is 0.143. The van der Waals surface area contributed by atoms with Crippen LogP contribution in [0.1, 0.15) is 58.8 Å². The lowest BCUT2D eigenvalue weighted by atomic mass is 9.84. The van der Waals surface area contributed by atoms with Crippen molar-refractivity contribution in [3.8, 4) is 0 Å². The molecule has 1 aliphatic carbocycles. The summed E-state index contributed by atoms with van der Waals surface area (Å²) in [6.45, 7) is 7.45. The first-order valence-electron chi connectivity index (χ1n) is 8.31. The number of aliphatic hydroxyl groups is 1. The molecular formula is C16H32N2O. The lowest BCUT2D eigenvalue weighted by Crippen LogP contribution is -2.46. The van der Waals surface area contributed by atoms with Gasteiger partial charge in [0.15, 0.2) is 0 Å². The quantitative estimate of drug-likeness (QED) is 0.822. The standard InChI is InChI=1S/C16H32N2O/c1-13(2)18-10-5-7-15(9-11-18)17-16-8-4-3-6-14(16)12-19/h13-17,19H,3-12H2,1-2H3. The van der Waals surface area contributed by atoms with Gasteiger partial charge < -0.3 is 15.3 Å². The molecule has 3 heteroatoms. The zero-order valence-corrected chi connectivity index (χ0v) is 12.8. The summed E-state index contributed by atoms with van der Waals surface area (Å²) in [6, 6.07) is 1.91. The van der Waals surface area contributed by atoms with Crippen LogP contribution in [-0.4, -0.2) is 47.8 Å². The minimum atomic E-state index is 0.364. The Morgan fingerprint density at radius 3 is 2.58 bits per heavy atom. The number of likely N-dealkylation sites (tertiary alicyclic amines) is 1. The summed E-state index contributed by atoms with van der Waals surface area (Å²) in [5.74, 6) is 0.498. The van der Waals surface area contributed by atoms with Gasteiger partial charge >= 0.3 is 0 Å². The van der Waals surface area contributed by atoms with Crippen molar-refractivity contribution in [3.05, 3.63) is 0 Å². The fourth-order valence-corrected chi connectivity index (χ4v) is 3.75. The normalized spacial score (nSPS) is 34.4. The monoisotopic (exact) mass is 268 g/mol. The molecule has 2 N–H and O–H groups in total. The van der Waals surface area contributed by atoms with Crippen molar-refractivity contribution in [3.63, 3.8) is 0 Å². The van der Waals surface area contributed by atoms with Crippen molar-refractivity contribution in [1.82, 2.24) is 10.2 Å². The van der Waals surface area contributed by atoms with Gasteiger partial charge in [-0.2, -0.15) is 0 Å². The molecule has 3 atom stereocenters. The molecule has 0 spiro atoms. The van der Waals surface area contributed by atoms with E-state index >= 15 is 0 Å². The highest BCUT2D eigenvalue weighted by molar-refractivity contribution is 4.85. The third kappa shape index (κ3) is 4.44. The molecule has 0 bridgehead atoms. The molecule has 1 heterocycles. The van der Waals surface area contributed by atoms with Crippen LogP contribution in [0.25, 0.3) is 0 Å². The van der Waals surface area contributed by atoms with Crippen LogP contribution in [0.2, 0.25) is 0 Å². The van der Waals surface area contributed by atoms with Crippen molar-refractivity contribution in [1.29, 1.82) is 0 Å². The first-order valence-corrected chi connectivity index (χ1v) is 8.31. The van der Waals surface area contributed by atoms with Gasteiger partial charge in [-0.15, -0.1) is 0 Å². The van der Waals surface area contributed by atoms with Crippen LogP contribution in [0, 0.1) is 5.92 Å². The van der Waals surface area contributed by atoms with Gasteiger partial charge in [0.2, 0.25) is 0 Å². The van der Waals surface area contributed by atoms with Crippen LogP contribution in [0.5, 0.6) is 0 Å². The Morgan fingerprint density at radius 2 is 1.84 bits per heavy atom. The van der Waals surface area contributed by atoms with E-state index in [9.17, 15) is 5.11 Å². The Bertz CT molecular complexity index is 257. The first kappa shape index (κ1) is 15.3. The van der Waals surface area contributed by atoms with Crippen LogP contribution >= 0.6 is 0 Å². The predicted octanol–water partition coefficient (Wildman–Crippen LogP) is 2.39. The molecule has 1 saturated heterocycles. The smallest absolute Gasteiger partial charge is 0.0474 e. The number of hydrogen-bond acceptors (Lipinski definition) is 3. The zero-order chi connectivity index (χ0) is 13.7. The van der Waals surface area contributed by atoms with E-state index in [1.165, 1.54) is 58.0 Å². The van der Waals surface area contributed by atoms with Gasteiger partial charge in [-0.3, -0.25) is 0 Å². The SMILES string of the molecule is CC(C)N1CCCC(NC2CCCCC2CO)CC1. The number of rotatable bonds is 4. The van der Waals surface area contributed by atoms with Crippen molar-refractivity contribution < 1.29 is 5.11 Å². The van der Waals surface area contributed by atoms with Gasteiger partial charge in [0.1, 0.15) is 0 Å². The molecule has 1 saturated carbocycles. The highest BCUT2D eigenvalue weighted by Crippen LogP contribution is 2.25. The minimum absolute atomic E-state index is 0.364. The average Bonchev–Trinajstić information content (AvgIpc) is 2.65. The molecular weight excluding hydrogens is 236 g/mol. The Labute approximate surface area is 118 Å². The van der Waals surface area contributed by atoms with Crippen LogP contribution in [0.3, 0.4) is 0 Å². The number of hydrogen-bond donors (Lipinski definition) is 2. The number of nitrogens with one attached hydrogen (secondary N) is 1. The number of aliphatic hydroxyl groups excluding tert-OH is 1. The zero-order valence-electron chi connectivity index (χ0n) is 12.8. The summed E-state index contributed by atoms with van der Waals surface area (Å²) in [7, 11) is 0. The Morgan fingerprint density at radius 1 is 1.05 bits per heavy atom. The van der Waals surface area contributed by atoms with E-state index in [1.54, 1.807) is 0 Å². The van der Waals surface area contributed by atoms with E-state index in [4.69, 9.17) is 0 Å². The second-order valence-electron chi connectivity index (χ2n) is 6.76. The molecule has 1 aliphatic heterocycles. The molecule has 0 aromatic heterocycles. The molecule has 2 fully saturated rings. The van der Waals surface area contributed by atoms with Gasteiger partial charge in [0.05, 0.1) is 0 Å². The summed E-state index contributed by atoms with van der Waals surface area (Å²) in [4.78, 5) is 2.60. The molecule has 0 radical (unpaired) electrons. The topological polar surface area (TPSA) is 35.5 Å². The molecule has 0 aromatic rings. The lowest BCUT2D eigenvalue weighted by Gasteiger charge is -2.34. The molecule has 2 aliphatic rings. The maximum atomic E-state index is 9.51. The summed E-state index contributed by atoms with van der Waals surface area (Å²) >= 11 is 0. The average molecular weight is 268 g/mol. The van der Waals surface area contributed by atoms with Crippen LogP contribution in [0.4, 0.5) is 0 Å². The predicted molar refractivity (Wildman–Crippen MR) is 80.3 cm³/mol. The van der Waals surface area contributed by atoms with E-state index in [2.05, 4.69) is 24.1 Å². The second-order valence-corrected chi connectivity index (χ2v) is 6.76. The van der Waals surface area contributed by atoms with Crippen LogP contribution in [0.15, 0.2) is 0 Å². The largest absolute Gasteiger partial charge is 0.396 e. The number of nitrogens with zero attached hydrogens (tertiary/aromatic N) is 1. The van der Waals surface area contributed by atoms with Crippen molar-refractivity contribution in [2.24, 2.45) is 5.92 Å². The highest BCUT2D eigenvalue weighted by atomic mass is 16.3. The van der Waals surface area contributed by atoms with Gasteiger partial charge in [0, 0.05) is 24.7 Å². The molecule has 19 heavy (non-hydrogen) atoms. The first-order chi connectivity index (χ1) is 9.20. The highest BCUT2D eigenvalue weighted by Gasteiger charge is 2.27. The second kappa shape index (κ2) is 7.61. The molecule has 0 amide bonds. The fourth-order valence-electron chi connectivity index (χ4n) is 3.75. The summed E-state index contributed by atoms with van der Waals surface area (Å²) in [5, 5.41) is 13.4. The maximum Gasteiger partial charge on any atom is 0.0474 e. The van der Waals surface area contributed by atoms with Crippen LogP contribution < -0.4 is 5.32 Å². The van der Waals surface area contributed by atoms with Gasteiger partial charge in [-0.25, -0.2) is 0 Å². The van der Waals surface area contributed by atoms with Crippen molar-refractivity contribution in [2.75, 3.05) is 19.7 Å². The summed E-state index contributed by atoms with van der Waals surface area (Å²) < 4.78 is 0. The van der Waals surface area contributed by atoms with E-state index in [1.807, 2.05) is 0 Å². The van der Waals surface area contributed by atoms with E-state index in [0.29, 0.717) is 30.7 Å². The molecule has 112 valence electrons. The van der Waals surface area contributed by atoms with Crippen molar-refractivity contribution >= 4 is 0 Å². The Hall–Kier alpha value is -0.120. The van der Waals surface area contributed by atoms with Gasteiger partial charge in [-0.1, -0.05) is 12.8 Å².